The van der Waals surface area contributed by atoms with Crippen molar-refractivity contribution < 1.29 is 14.3 Å². The standard InChI is InChI=1S/C8H14BNO3/c1-13-7(11)6-2-4-10(5-3-6)8(9)12/h6H,2-5,9H2,1H3. The first-order valence-electron chi connectivity index (χ1n) is 4.48. The maximum Gasteiger partial charge on any atom is 0.308 e. The zero-order chi connectivity index (χ0) is 9.84. The zero-order valence-corrected chi connectivity index (χ0v) is 8.08. The second kappa shape index (κ2) is 4.30. The first-order valence-corrected chi connectivity index (χ1v) is 4.48. The highest BCUT2D eigenvalue weighted by Gasteiger charge is 2.26. The van der Waals surface area contributed by atoms with Gasteiger partial charge in [-0.2, -0.15) is 0 Å². The summed E-state index contributed by atoms with van der Waals surface area (Å²) in [6.07, 6.45) is 1.46. The molecule has 0 aromatic rings. The van der Waals surface area contributed by atoms with E-state index >= 15 is 0 Å². The SMILES string of the molecule is BC(=O)N1CCC(C(=O)OC)CC1. The first kappa shape index (κ1) is 10.1. The van der Waals surface area contributed by atoms with Gasteiger partial charge in [-0.15, -0.1) is 0 Å². The minimum atomic E-state index is -0.150. The molecule has 0 aliphatic carbocycles. The van der Waals surface area contributed by atoms with Crippen molar-refractivity contribution in [1.29, 1.82) is 0 Å². The number of hydrogen-bond donors (Lipinski definition) is 0. The fourth-order valence-corrected chi connectivity index (χ4v) is 1.60. The van der Waals surface area contributed by atoms with Gasteiger partial charge in [0.1, 0.15) is 0 Å². The summed E-state index contributed by atoms with van der Waals surface area (Å²) in [5.41, 5.74) is 0. The monoisotopic (exact) mass is 183 g/mol. The van der Waals surface area contributed by atoms with Crippen LogP contribution in [0.25, 0.3) is 0 Å². The molecule has 0 saturated carbocycles. The average Bonchev–Trinajstić information content (AvgIpc) is 2.17. The highest BCUT2D eigenvalue weighted by molar-refractivity contribution is 6.56. The van der Waals surface area contributed by atoms with E-state index in [9.17, 15) is 9.59 Å². The molecular formula is C8H14BNO3. The molecular weight excluding hydrogens is 169 g/mol. The zero-order valence-electron chi connectivity index (χ0n) is 8.08. The van der Waals surface area contributed by atoms with Crippen molar-refractivity contribution in [2.75, 3.05) is 20.2 Å². The quantitative estimate of drug-likeness (QED) is 0.411. The van der Waals surface area contributed by atoms with Crippen LogP contribution in [-0.4, -0.2) is 44.7 Å². The smallest absolute Gasteiger partial charge is 0.308 e. The lowest BCUT2D eigenvalue weighted by Gasteiger charge is -2.30. The number of ether oxygens (including phenoxy) is 1. The predicted molar refractivity (Wildman–Crippen MR) is 50.3 cm³/mol. The van der Waals surface area contributed by atoms with Gasteiger partial charge >= 0.3 is 5.97 Å². The molecule has 0 aromatic carbocycles. The van der Waals surface area contributed by atoms with Crippen molar-refractivity contribution in [3.05, 3.63) is 0 Å². The van der Waals surface area contributed by atoms with Crippen LogP contribution in [0.2, 0.25) is 0 Å². The maximum atomic E-state index is 11.1. The van der Waals surface area contributed by atoms with Crippen molar-refractivity contribution in [2.24, 2.45) is 5.92 Å². The number of esters is 1. The van der Waals surface area contributed by atoms with E-state index in [0.717, 1.165) is 12.8 Å². The molecule has 1 aliphatic rings. The minimum Gasteiger partial charge on any atom is -0.469 e. The van der Waals surface area contributed by atoms with Crippen LogP contribution in [0.5, 0.6) is 0 Å². The Balaban J connectivity index is 2.39. The summed E-state index contributed by atoms with van der Waals surface area (Å²) in [5.74, 6) is -0.0767. The molecule has 13 heavy (non-hydrogen) atoms. The van der Waals surface area contributed by atoms with Crippen LogP contribution >= 0.6 is 0 Å². The first-order chi connectivity index (χ1) is 6.15. The van der Waals surface area contributed by atoms with E-state index in [4.69, 9.17) is 0 Å². The number of carbonyl (C=O) groups excluding carboxylic acids is 2. The lowest BCUT2D eigenvalue weighted by atomic mass is 9.95. The Labute approximate surface area is 78.6 Å². The third-order valence-electron chi connectivity index (χ3n) is 2.47. The van der Waals surface area contributed by atoms with Gasteiger partial charge in [-0.3, -0.25) is 9.59 Å². The predicted octanol–water partition coefficient (Wildman–Crippen LogP) is -0.376. The highest BCUT2D eigenvalue weighted by Crippen LogP contribution is 2.17. The molecule has 1 amide bonds. The summed E-state index contributed by atoms with van der Waals surface area (Å²) in [5, 5.41) is 0. The van der Waals surface area contributed by atoms with Crippen LogP contribution < -0.4 is 0 Å². The lowest BCUT2D eigenvalue weighted by molar-refractivity contribution is -0.146. The van der Waals surface area contributed by atoms with Crippen LogP contribution in [0.4, 0.5) is 4.79 Å². The van der Waals surface area contributed by atoms with Gasteiger partial charge in [0.25, 0.3) is 0 Å². The number of likely N-dealkylation sites (tertiary alicyclic amines) is 1. The number of carbonyl (C=O) groups is 2. The second-order valence-electron chi connectivity index (χ2n) is 3.30. The Kier molecular flexibility index (Phi) is 3.34. The highest BCUT2D eigenvalue weighted by atomic mass is 16.5. The van der Waals surface area contributed by atoms with Crippen molar-refractivity contribution >= 4 is 19.6 Å². The van der Waals surface area contributed by atoms with Gasteiger partial charge in [0.15, 0.2) is 5.81 Å². The molecule has 4 nitrogen and oxygen atoms in total. The maximum absolute atomic E-state index is 11.1. The molecule has 0 atom stereocenters. The van der Waals surface area contributed by atoms with Crippen molar-refractivity contribution in [1.82, 2.24) is 4.90 Å². The normalized spacial score (nSPS) is 18.4. The van der Waals surface area contributed by atoms with Gasteiger partial charge in [-0.25, -0.2) is 0 Å². The summed E-state index contributed by atoms with van der Waals surface area (Å²) in [6, 6.07) is 0. The molecule has 5 heteroatoms. The Bertz CT molecular complexity index is 211. The summed E-state index contributed by atoms with van der Waals surface area (Å²) in [4.78, 5) is 23.8. The molecule has 1 fully saturated rings. The average molecular weight is 183 g/mol. The second-order valence-corrected chi connectivity index (χ2v) is 3.30. The Morgan fingerprint density at radius 1 is 1.38 bits per heavy atom. The molecule has 1 saturated heterocycles. The number of amides is 1. The van der Waals surface area contributed by atoms with E-state index in [0.29, 0.717) is 13.1 Å². The van der Waals surface area contributed by atoms with E-state index < -0.39 is 0 Å². The molecule has 0 unspecified atom stereocenters. The molecule has 0 aromatic heterocycles. The molecule has 1 heterocycles. The van der Waals surface area contributed by atoms with Crippen LogP contribution in [0.1, 0.15) is 12.8 Å². The number of methoxy groups -OCH3 is 1. The van der Waals surface area contributed by atoms with Crippen molar-refractivity contribution in [2.45, 2.75) is 12.8 Å². The largest absolute Gasteiger partial charge is 0.469 e. The Hall–Kier alpha value is -0.995. The van der Waals surface area contributed by atoms with E-state index in [1.165, 1.54) is 7.11 Å². The summed E-state index contributed by atoms with van der Waals surface area (Å²) in [7, 11) is 2.96. The van der Waals surface area contributed by atoms with Gasteiger partial charge in [0.05, 0.1) is 13.0 Å². The number of rotatable bonds is 1. The molecule has 0 bridgehead atoms. The van der Waals surface area contributed by atoms with Gasteiger partial charge in [0.2, 0.25) is 7.85 Å². The van der Waals surface area contributed by atoms with Crippen LogP contribution in [0.15, 0.2) is 0 Å². The van der Waals surface area contributed by atoms with Gasteiger partial charge in [0, 0.05) is 13.1 Å². The van der Waals surface area contributed by atoms with Gasteiger partial charge in [-0.1, -0.05) is 0 Å². The Morgan fingerprint density at radius 3 is 2.31 bits per heavy atom. The molecule has 0 spiro atoms. The third kappa shape index (κ3) is 2.47. The lowest BCUT2D eigenvalue weighted by Crippen LogP contribution is -2.39. The number of nitrogens with zero attached hydrogens (tertiary/aromatic N) is 1. The topological polar surface area (TPSA) is 46.6 Å². The summed E-state index contributed by atoms with van der Waals surface area (Å²) < 4.78 is 4.64. The van der Waals surface area contributed by atoms with Crippen molar-refractivity contribution in [3.8, 4) is 0 Å². The minimum absolute atomic E-state index is 0.0133. The fourth-order valence-electron chi connectivity index (χ4n) is 1.60. The molecule has 1 rings (SSSR count). The van der Waals surface area contributed by atoms with E-state index in [1.54, 1.807) is 12.7 Å². The number of piperidine rings is 1. The Morgan fingerprint density at radius 2 is 1.92 bits per heavy atom. The van der Waals surface area contributed by atoms with Crippen LogP contribution in [0, 0.1) is 5.92 Å². The van der Waals surface area contributed by atoms with E-state index in [1.807, 2.05) is 0 Å². The fraction of sp³-hybridized carbons (Fsp3) is 0.750. The van der Waals surface area contributed by atoms with Gasteiger partial charge in [-0.05, 0) is 12.8 Å². The molecule has 1 aliphatic heterocycles. The molecule has 0 radical (unpaired) electrons. The van der Waals surface area contributed by atoms with Crippen LogP contribution in [0.3, 0.4) is 0 Å². The summed E-state index contributed by atoms with van der Waals surface area (Å²) >= 11 is 0. The van der Waals surface area contributed by atoms with E-state index in [2.05, 4.69) is 4.74 Å². The third-order valence-corrected chi connectivity index (χ3v) is 2.47. The molecule has 72 valence electrons. The number of hydrogen-bond acceptors (Lipinski definition) is 3. The van der Waals surface area contributed by atoms with Crippen LogP contribution in [-0.2, 0) is 9.53 Å². The van der Waals surface area contributed by atoms with Gasteiger partial charge < -0.3 is 9.64 Å². The molecule has 0 N–H and O–H groups in total. The summed E-state index contributed by atoms with van der Waals surface area (Å²) in [6.45, 7) is 1.35. The van der Waals surface area contributed by atoms with E-state index in [-0.39, 0.29) is 17.7 Å². The van der Waals surface area contributed by atoms with Crippen molar-refractivity contribution in [3.63, 3.8) is 0 Å².